The lowest BCUT2D eigenvalue weighted by Crippen LogP contribution is -2.31. The minimum Gasteiger partial charge on any atom is -0.410 e. The van der Waals surface area contributed by atoms with Gasteiger partial charge in [0.1, 0.15) is 13.6 Å². The van der Waals surface area contributed by atoms with E-state index in [4.69, 9.17) is 4.74 Å². The topological polar surface area (TPSA) is 29.5 Å². The van der Waals surface area contributed by atoms with Gasteiger partial charge in [0.2, 0.25) is 0 Å². The molecule has 1 aliphatic heterocycles. The second-order valence-corrected chi connectivity index (χ2v) is 5.52. The largest absolute Gasteiger partial charge is 0.415 e. The molecule has 0 saturated carbocycles. The smallest absolute Gasteiger partial charge is 0.410 e. The first-order valence-corrected chi connectivity index (χ1v) is 7.31. The van der Waals surface area contributed by atoms with Gasteiger partial charge in [-0.1, -0.05) is 47.9 Å². The molecule has 1 saturated heterocycles. The van der Waals surface area contributed by atoms with Crippen LogP contribution in [-0.2, 0) is 0 Å². The van der Waals surface area contributed by atoms with Gasteiger partial charge in [0.25, 0.3) is 0 Å². The van der Waals surface area contributed by atoms with Crippen molar-refractivity contribution in [3.63, 3.8) is 0 Å². The SMILES string of the molecule is Bc1ccc(OC(=O)N2CCC(c3ccccc3)C2)cc1. The molecule has 0 aliphatic carbocycles. The van der Waals surface area contributed by atoms with E-state index in [0.29, 0.717) is 11.7 Å². The van der Waals surface area contributed by atoms with Crippen molar-refractivity contribution in [2.75, 3.05) is 13.1 Å². The molecule has 21 heavy (non-hydrogen) atoms. The fourth-order valence-corrected chi connectivity index (χ4v) is 2.70. The van der Waals surface area contributed by atoms with Crippen molar-refractivity contribution in [2.24, 2.45) is 0 Å². The highest BCUT2D eigenvalue weighted by molar-refractivity contribution is 6.32. The van der Waals surface area contributed by atoms with Crippen molar-refractivity contribution in [3.05, 3.63) is 60.2 Å². The summed E-state index contributed by atoms with van der Waals surface area (Å²) < 4.78 is 5.42. The standard InChI is InChI=1S/C17H18BNO2/c18-15-6-8-16(9-7-15)21-17(20)19-11-10-14(12-19)13-4-2-1-3-5-13/h1-9,14H,10-12,18H2. The highest BCUT2D eigenvalue weighted by Gasteiger charge is 2.28. The van der Waals surface area contributed by atoms with Crippen LogP contribution in [0, 0.1) is 0 Å². The molecule has 1 atom stereocenters. The van der Waals surface area contributed by atoms with E-state index in [1.807, 2.05) is 50.3 Å². The lowest BCUT2D eigenvalue weighted by atomic mass is 9.97. The molecule has 1 aliphatic rings. The second kappa shape index (κ2) is 6.04. The van der Waals surface area contributed by atoms with Crippen molar-refractivity contribution >= 4 is 19.4 Å². The molecular formula is C17H18BNO2. The van der Waals surface area contributed by atoms with Gasteiger partial charge in [-0.2, -0.15) is 0 Å². The zero-order chi connectivity index (χ0) is 14.7. The van der Waals surface area contributed by atoms with Gasteiger partial charge in [0.15, 0.2) is 0 Å². The summed E-state index contributed by atoms with van der Waals surface area (Å²) in [5.74, 6) is 1.02. The van der Waals surface area contributed by atoms with Gasteiger partial charge in [-0.05, 0) is 24.1 Å². The predicted octanol–water partition coefficient (Wildman–Crippen LogP) is 1.93. The monoisotopic (exact) mass is 279 g/mol. The lowest BCUT2D eigenvalue weighted by Gasteiger charge is -2.16. The molecule has 2 aromatic carbocycles. The Morgan fingerprint density at radius 2 is 1.81 bits per heavy atom. The molecule has 1 fully saturated rings. The van der Waals surface area contributed by atoms with E-state index in [1.54, 1.807) is 4.90 Å². The number of carbonyl (C=O) groups is 1. The third kappa shape index (κ3) is 3.27. The molecule has 3 rings (SSSR count). The van der Waals surface area contributed by atoms with Crippen LogP contribution in [0.2, 0.25) is 0 Å². The van der Waals surface area contributed by atoms with Crippen LogP contribution in [0.25, 0.3) is 0 Å². The van der Waals surface area contributed by atoms with E-state index in [0.717, 1.165) is 25.0 Å². The summed E-state index contributed by atoms with van der Waals surface area (Å²) in [6.45, 7) is 1.49. The molecule has 1 heterocycles. The minimum absolute atomic E-state index is 0.253. The highest BCUT2D eigenvalue weighted by Crippen LogP contribution is 2.27. The number of ether oxygens (including phenoxy) is 1. The Balaban J connectivity index is 1.61. The molecule has 3 nitrogen and oxygen atoms in total. The molecule has 1 unspecified atom stereocenters. The third-order valence-corrected chi connectivity index (χ3v) is 3.94. The molecule has 0 radical (unpaired) electrons. The summed E-state index contributed by atoms with van der Waals surface area (Å²) in [7, 11) is 2.01. The van der Waals surface area contributed by atoms with Gasteiger partial charge in [-0.3, -0.25) is 0 Å². The quantitative estimate of drug-likeness (QED) is 0.786. The van der Waals surface area contributed by atoms with Crippen molar-refractivity contribution < 1.29 is 9.53 Å². The van der Waals surface area contributed by atoms with E-state index in [-0.39, 0.29) is 6.09 Å². The number of amides is 1. The van der Waals surface area contributed by atoms with Crippen LogP contribution in [0.15, 0.2) is 54.6 Å². The number of benzene rings is 2. The zero-order valence-corrected chi connectivity index (χ0v) is 12.2. The summed E-state index contributed by atoms with van der Waals surface area (Å²) in [6, 6.07) is 17.9. The van der Waals surface area contributed by atoms with Crippen molar-refractivity contribution in [2.45, 2.75) is 12.3 Å². The number of hydrogen-bond acceptors (Lipinski definition) is 2. The first-order chi connectivity index (χ1) is 10.2. The third-order valence-electron chi connectivity index (χ3n) is 3.94. The summed E-state index contributed by atoms with van der Waals surface area (Å²) in [6.07, 6.45) is 0.741. The second-order valence-electron chi connectivity index (χ2n) is 5.52. The van der Waals surface area contributed by atoms with E-state index >= 15 is 0 Å². The number of rotatable bonds is 2. The fourth-order valence-electron chi connectivity index (χ4n) is 2.70. The number of carbonyl (C=O) groups excluding carboxylic acids is 1. The summed E-state index contributed by atoms with van der Waals surface area (Å²) in [5.41, 5.74) is 2.45. The van der Waals surface area contributed by atoms with Crippen LogP contribution in [0.4, 0.5) is 4.79 Å². The molecule has 0 aromatic heterocycles. The van der Waals surface area contributed by atoms with E-state index in [2.05, 4.69) is 12.1 Å². The van der Waals surface area contributed by atoms with Crippen LogP contribution >= 0.6 is 0 Å². The number of hydrogen-bond donors (Lipinski definition) is 0. The summed E-state index contributed by atoms with van der Waals surface area (Å²) in [4.78, 5) is 14.0. The van der Waals surface area contributed by atoms with E-state index in [1.165, 1.54) is 5.56 Å². The van der Waals surface area contributed by atoms with Gasteiger partial charge in [0, 0.05) is 19.0 Å². The van der Waals surface area contributed by atoms with E-state index in [9.17, 15) is 4.79 Å². The first kappa shape index (κ1) is 13.7. The molecule has 106 valence electrons. The fraction of sp³-hybridized carbons (Fsp3) is 0.235. The molecule has 4 heteroatoms. The zero-order valence-electron chi connectivity index (χ0n) is 12.2. The number of likely N-dealkylation sites (tertiary alicyclic amines) is 1. The van der Waals surface area contributed by atoms with Gasteiger partial charge in [-0.25, -0.2) is 4.79 Å². The van der Waals surface area contributed by atoms with Crippen LogP contribution in [0.3, 0.4) is 0 Å². The molecule has 2 aromatic rings. The Kier molecular flexibility index (Phi) is 3.95. The maximum Gasteiger partial charge on any atom is 0.415 e. The minimum atomic E-state index is -0.253. The average Bonchev–Trinajstić information content (AvgIpc) is 3.00. The van der Waals surface area contributed by atoms with Crippen molar-refractivity contribution in [3.8, 4) is 5.75 Å². The van der Waals surface area contributed by atoms with Gasteiger partial charge < -0.3 is 9.64 Å². The Morgan fingerprint density at radius 3 is 2.52 bits per heavy atom. The molecule has 1 amide bonds. The van der Waals surface area contributed by atoms with Gasteiger partial charge in [-0.15, -0.1) is 0 Å². The van der Waals surface area contributed by atoms with Crippen molar-refractivity contribution in [1.29, 1.82) is 0 Å². The molecular weight excluding hydrogens is 261 g/mol. The van der Waals surface area contributed by atoms with E-state index < -0.39 is 0 Å². The maximum absolute atomic E-state index is 12.2. The Morgan fingerprint density at radius 1 is 1.10 bits per heavy atom. The Labute approximate surface area is 125 Å². The van der Waals surface area contributed by atoms with Crippen LogP contribution < -0.4 is 10.2 Å². The molecule has 0 N–H and O–H groups in total. The van der Waals surface area contributed by atoms with Crippen molar-refractivity contribution in [1.82, 2.24) is 4.90 Å². The summed E-state index contributed by atoms with van der Waals surface area (Å²) in [5, 5.41) is 0. The van der Waals surface area contributed by atoms with Crippen LogP contribution in [0.5, 0.6) is 5.75 Å². The highest BCUT2D eigenvalue weighted by atomic mass is 16.6. The maximum atomic E-state index is 12.2. The van der Waals surface area contributed by atoms with Crippen LogP contribution in [0.1, 0.15) is 17.9 Å². The van der Waals surface area contributed by atoms with Gasteiger partial charge >= 0.3 is 6.09 Å². The van der Waals surface area contributed by atoms with Gasteiger partial charge in [0.05, 0.1) is 0 Å². The predicted molar refractivity (Wildman–Crippen MR) is 86.0 cm³/mol. The molecule has 0 bridgehead atoms. The number of nitrogens with zero attached hydrogens (tertiary/aromatic N) is 1. The molecule has 0 spiro atoms. The Bertz CT molecular complexity index is 612. The summed E-state index contributed by atoms with van der Waals surface area (Å²) >= 11 is 0. The lowest BCUT2D eigenvalue weighted by molar-refractivity contribution is 0.162. The Hall–Kier alpha value is -2.23. The normalized spacial score (nSPS) is 17.7. The average molecular weight is 279 g/mol. The van der Waals surface area contributed by atoms with Crippen LogP contribution in [-0.4, -0.2) is 31.9 Å². The first-order valence-electron chi connectivity index (χ1n) is 7.31.